The molecule has 0 unspecified atom stereocenters. The molecule has 0 N–H and O–H groups in total. The first-order valence-corrected chi connectivity index (χ1v) is 4.03. The van der Waals surface area contributed by atoms with E-state index in [9.17, 15) is 4.79 Å². The van der Waals surface area contributed by atoms with Crippen molar-refractivity contribution in [2.24, 2.45) is 0 Å². The van der Waals surface area contributed by atoms with Gasteiger partial charge < -0.3 is 9.32 Å². The molecule has 1 heterocycles. The highest BCUT2D eigenvalue weighted by atomic mass is 35.5. The molecule has 12 heavy (non-hydrogen) atoms. The summed E-state index contributed by atoms with van der Waals surface area (Å²) in [6.07, 6.45) is 1.40. The second-order valence-electron chi connectivity index (χ2n) is 2.42. The average molecular weight is 188 g/mol. The van der Waals surface area contributed by atoms with Crippen LogP contribution in [0.25, 0.3) is 0 Å². The monoisotopic (exact) mass is 187 g/mol. The van der Waals surface area contributed by atoms with Crippen molar-refractivity contribution in [2.45, 2.75) is 6.92 Å². The van der Waals surface area contributed by atoms with E-state index in [4.69, 9.17) is 16.0 Å². The summed E-state index contributed by atoms with van der Waals surface area (Å²) in [5, 5.41) is 0.361. The molecule has 0 fully saturated rings. The maximum atomic E-state index is 11.4. The van der Waals surface area contributed by atoms with Gasteiger partial charge in [0.25, 0.3) is 5.91 Å². The lowest BCUT2D eigenvalue weighted by Gasteiger charge is -2.11. The van der Waals surface area contributed by atoms with Gasteiger partial charge in [-0.1, -0.05) is 11.6 Å². The topological polar surface area (TPSA) is 33.5 Å². The largest absolute Gasteiger partial charge is 0.458 e. The van der Waals surface area contributed by atoms with E-state index in [2.05, 4.69) is 0 Å². The molecule has 0 atom stereocenters. The first-order chi connectivity index (χ1) is 5.66. The SMILES string of the molecule is CCN(C)C(=O)c1occc1Cl. The Bertz CT molecular complexity index is 282. The van der Waals surface area contributed by atoms with Gasteiger partial charge in [0.05, 0.1) is 11.3 Å². The highest BCUT2D eigenvalue weighted by molar-refractivity contribution is 6.33. The van der Waals surface area contributed by atoms with Gasteiger partial charge in [-0.2, -0.15) is 0 Å². The number of rotatable bonds is 2. The first kappa shape index (κ1) is 9.13. The summed E-state index contributed by atoms with van der Waals surface area (Å²) >= 11 is 5.69. The van der Waals surface area contributed by atoms with Crippen molar-refractivity contribution in [1.29, 1.82) is 0 Å². The molecule has 0 radical (unpaired) electrons. The van der Waals surface area contributed by atoms with Crippen LogP contribution in [0, 0.1) is 0 Å². The second-order valence-corrected chi connectivity index (χ2v) is 2.82. The molecule has 0 bridgehead atoms. The average Bonchev–Trinajstić information content (AvgIpc) is 2.48. The molecule has 1 aromatic rings. The zero-order chi connectivity index (χ0) is 9.14. The first-order valence-electron chi connectivity index (χ1n) is 3.65. The predicted molar refractivity (Wildman–Crippen MR) is 46.4 cm³/mol. The number of hydrogen-bond acceptors (Lipinski definition) is 2. The fourth-order valence-corrected chi connectivity index (χ4v) is 0.940. The fraction of sp³-hybridized carbons (Fsp3) is 0.375. The van der Waals surface area contributed by atoms with Crippen molar-refractivity contribution in [3.8, 4) is 0 Å². The number of nitrogens with zero attached hydrogens (tertiary/aromatic N) is 1. The maximum Gasteiger partial charge on any atom is 0.290 e. The lowest BCUT2D eigenvalue weighted by atomic mass is 10.4. The summed E-state index contributed by atoms with van der Waals surface area (Å²) < 4.78 is 4.93. The molecule has 0 aliphatic rings. The lowest BCUT2D eigenvalue weighted by molar-refractivity contribution is 0.0771. The molecular weight excluding hydrogens is 178 g/mol. The Balaban J connectivity index is 2.85. The van der Waals surface area contributed by atoms with Gasteiger partial charge in [-0.3, -0.25) is 4.79 Å². The van der Waals surface area contributed by atoms with Gasteiger partial charge in [0.1, 0.15) is 0 Å². The minimum absolute atomic E-state index is 0.187. The number of carbonyl (C=O) groups is 1. The molecule has 0 aliphatic heterocycles. The molecule has 1 rings (SSSR count). The standard InChI is InChI=1S/C8H10ClNO2/c1-3-10(2)8(11)7-6(9)4-5-12-7/h4-5H,3H2,1-2H3. The third kappa shape index (κ3) is 1.61. The number of hydrogen-bond donors (Lipinski definition) is 0. The van der Waals surface area contributed by atoms with Crippen molar-refractivity contribution in [1.82, 2.24) is 4.90 Å². The summed E-state index contributed by atoms with van der Waals surface area (Å²) in [5.74, 6) is 0.0218. The van der Waals surface area contributed by atoms with Gasteiger partial charge in [-0.05, 0) is 13.0 Å². The molecule has 3 nitrogen and oxygen atoms in total. The minimum atomic E-state index is -0.187. The van der Waals surface area contributed by atoms with Gasteiger partial charge in [-0.25, -0.2) is 0 Å². The highest BCUT2D eigenvalue weighted by Crippen LogP contribution is 2.17. The van der Waals surface area contributed by atoms with Crippen LogP contribution >= 0.6 is 11.6 Å². The van der Waals surface area contributed by atoms with E-state index < -0.39 is 0 Å². The van der Waals surface area contributed by atoms with Crippen molar-refractivity contribution >= 4 is 17.5 Å². The molecule has 1 aromatic heterocycles. The number of carbonyl (C=O) groups excluding carboxylic acids is 1. The van der Waals surface area contributed by atoms with Crippen molar-refractivity contribution < 1.29 is 9.21 Å². The van der Waals surface area contributed by atoms with Gasteiger partial charge in [-0.15, -0.1) is 0 Å². The molecule has 4 heteroatoms. The van der Waals surface area contributed by atoms with E-state index >= 15 is 0 Å². The predicted octanol–water partition coefficient (Wildman–Crippen LogP) is 2.02. The summed E-state index contributed by atoms with van der Waals surface area (Å²) in [6.45, 7) is 2.52. The molecule has 0 saturated heterocycles. The lowest BCUT2D eigenvalue weighted by Crippen LogP contribution is -2.25. The van der Waals surface area contributed by atoms with Crippen LogP contribution in [-0.2, 0) is 0 Å². The number of furan rings is 1. The van der Waals surface area contributed by atoms with Gasteiger partial charge in [0, 0.05) is 13.6 Å². The quantitative estimate of drug-likeness (QED) is 0.710. The molecule has 0 saturated carbocycles. The van der Waals surface area contributed by atoms with Crippen LogP contribution in [0.2, 0.25) is 5.02 Å². The van der Waals surface area contributed by atoms with Crippen LogP contribution < -0.4 is 0 Å². The van der Waals surface area contributed by atoms with Crippen LogP contribution in [0.15, 0.2) is 16.7 Å². The summed E-state index contributed by atoms with van der Waals surface area (Å²) in [5.41, 5.74) is 0. The molecule has 0 aromatic carbocycles. The molecule has 1 amide bonds. The summed E-state index contributed by atoms with van der Waals surface area (Å²) in [6, 6.07) is 1.55. The van der Waals surface area contributed by atoms with E-state index in [0.717, 1.165) is 0 Å². The normalized spacial score (nSPS) is 9.92. The zero-order valence-electron chi connectivity index (χ0n) is 7.00. The van der Waals surface area contributed by atoms with Crippen molar-refractivity contribution in [3.63, 3.8) is 0 Å². The Morgan fingerprint density at radius 3 is 2.83 bits per heavy atom. The van der Waals surface area contributed by atoms with Gasteiger partial charge in [0.2, 0.25) is 5.76 Å². The number of amides is 1. The minimum Gasteiger partial charge on any atom is -0.458 e. The smallest absolute Gasteiger partial charge is 0.290 e. The van der Waals surface area contributed by atoms with Crippen LogP contribution in [-0.4, -0.2) is 24.4 Å². The van der Waals surface area contributed by atoms with Crippen LogP contribution in [0.1, 0.15) is 17.5 Å². The van der Waals surface area contributed by atoms with E-state index in [1.165, 1.54) is 11.2 Å². The summed E-state index contributed by atoms with van der Waals surface area (Å²) in [7, 11) is 1.70. The van der Waals surface area contributed by atoms with Crippen molar-refractivity contribution in [3.05, 3.63) is 23.1 Å². The van der Waals surface area contributed by atoms with E-state index in [0.29, 0.717) is 11.6 Å². The Morgan fingerprint density at radius 2 is 2.42 bits per heavy atom. The second kappa shape index (κ2) is 3.63. The van der Waals surface area contributed by atoms with Gasteiger partial charge >= 0.3 is 0 Å². The van der Waals surface area contributed by atoms with Crippen LogP contribution in [0.4, 0.5) is 0 Å². The van der Waals surface area contributed by atoms with E-state index in [-0.39, 0.29) is 11.7 Å². The van der Waals surface area contributed by atoms with Crippen molar-refractivity contribution in [2.75, 3.05) is 13.6 Å². The highest BCUT2D eigenvalue weighted by Gasteiger charge is 2.16. The fourth-order valence-electron chi connectivity index (χ4n) is 0.763. The zero-order valence-corrected chi connectivity index (χ0v) is 7.76. The number of halogens is 1. The maximum absolute atomic E-state index is 11.4. The molecule has 0 spiro atoms. The van der Waals surface area contributed by atoms with Crippen LogP contribution in [0.3, 0.4) is 0 Å². The van der Waals surface area contributed by atoms with E-state index in [1.807, 2.05) is 6.92 Å². The molecule has 0 aliphatic carbocycles. The summed E-state index contributed by atoms with van der Waals surface area (Å²) in [4.78, 5) is 12.9. The van der Waals surface area contributed by atoms with Crippen LogP contribution in [0.5, 0.6) is 0 Å². The molecular formula is C8H10ClNO2. The Morgan fingerprint density at radius 1 is 1.75 bits per heavy atom. The third-order valence-electron chi connectivity index (χ3n) is 1.63. The van der Waals surface area contributed by atoms with Gasteiger partial charge in [0.15, 0.2) is 0 Å². The Labute approximate surface area is 75.9 Å². The Kier molecular flexibility index (Phi) is 2.76. The Hall–Kier alpha value is -0.960. The third-order valence-corrected chi connectivity index (χ3v) is 1.93. The molecule has 66 valence electrons. The van der Waals surface area contributed by atoms with E-state index in [1.54, 1.807) is 13.1 Å².